The van der Waals surface area contributed by atoms with Gasteiger partial charge in [-0.25, -0.2) is 9.97 Å². The molecule has 0 aliphatic carbocycles. The molecule has 90 valence electrons. The number of anilines is 1. The second-order valence-corrected chi connectivity index (χ2v) is 4.32. The number of hydrogen-bond donors (Lipinski definition) is 2. The van der Waals surface area contributed by atoms with Crippen LogP contribution in [0.2, 0.25) is 0 Å². The van der Waals surface area contributed by atoms with E-state index in [1.807, 2.05) is 19.3 Å². The first-order valence-electron chi connectivity index (χ1n) is 5.92. The molecule has 4 nitrogen and oxygen atoms in total. The van der Waals surface area contributed by atoms with Gasteiger partial charge in [0, 0.05) is 25.7 Å². The fourth-order valence-electron chi connectivity index (χ4n) is 1.34. The lowest BCUT2D eigenvalue weighted by atomic mass is 10.1. The molecule has 16 heavy (non-hydrogen) atoms. The second-order valence-electron chi connectivity index (χ2n) is 4.32. The van der Waals surface area contributed by atoms with Gasteiger partial charge in [-0.2, -0.15) is 0 Å². The summed E-state index contributed by atoms with van der Waals surface area (Å²) in [5, 5.41) is 6.41. The Bertz CT molecular complexity index is 299. The van der Waals surface area contributed by atoms with Crippen LogP contribution in [0.4, 0.5) is 5.82 Å². The fourth-order valence-corrected chi connectivity index (χ4v) is 1.34. The SMILES string of the molecule is CNCCc1nccc(NCCC(C)C)n1. The largest absolute Gasteiger partial charge is 0.370 e. The van der Waals surface area contributed by atoms with Crippen molar-refractivity contribution in [1.29, 1.82) is 0 Å². The Morgan fingerprint density at radius 1 is 1.31 bits per heavy atom. The van der Waals surface area contributed by atoms with Crippen molar-refractivity contribution in [2.24, 2.45) is 5.92 Å². The number of hydrogen-bond acceptors (Lipinski definition) is 4. The van der Waals surface area contributed by atoms with Gasteiger partial charge >= 0.3 is 0 Å². The van der Waals surface area contributed by atoms with Gasteiger partial charge in [-0.1, -0.05) is 13.8 Å². The van der Waals surface area contributed by atoms with Gasteiger partial charge in [0.05, 0.1) is 0 Å². The Kier molecular flexibility index (Phi) is 5.78. The van der Waals surface area contributed by atoms with E-state index in [0.29, 0.717) is 0 Å². The Balaban J connectivity index is 2.40. The van der Waals surface area contributed by atoms with Gasteiger partial charge in [0.25, 0.3) is 0 Å². The minimum atomic E-state index is 0.720. The molecule has 0 unspecified atom stereocenters. The lowest BCUT2D eigenvalue weighted by Gasteiger charge is -2.08. The predicted octanol–water partition coefficient (Wildman–Crippen LogP) is 1.70. The monoisotopic (exact) mass is 222 g/mol. The van der Waals surface area contributed by atoms with E-state index in [1.54, 1.807) is 0 Å². The third-order valence-corrected chi connectivity index (χ3v) is 2.33. The van der Waals surface area contributed by atoms with Crippen LogP contribution in [0.3, 0.4) is 0 Å². The molecule has 0 amide bonds. The van der Waals surface area contributed by atoms with Crippen molar-refractivity contribution in [3.05, 3.63) is 18.1 Å². The van der Waals surface area contributed by atoms with E-state index in [4.69, 9.17) is 0 Å². The first-order chi connectivity index (χ1) is 7.72. The summed E-state index contributed by atoms with van der Waals surface area (Å²) in [4.78, 5) is 8.67. The number of rotatable bonds is 7. The molecule has 0 radical (unpaired) electrons. The maximum atomic E-state index is 4.44. The van der Waals surface area contributed by atoms with Gasteiger partial charge in [0.15, 0.2) is 0 Å². The van der Waals surface area contributed by atoms with Crippen molar-refractivity contribution < 1.29 is 0 Å². The molecule has 0 aliphatic rings. The number of aromatic nitrogens is 2. The van der Waals surface area contributed by atoms with E-state index < -0.39 is 0 Å². The van der Waals surface area contributed by atoms with Crippen molar-refractivity contribution in [2.75, 3.05) is 25.5 Å². The van der Waals surface area contributed by atoms with Crippen LogP contribution < -0.4 is 10.6 Å². The van der Waals surface area contributed by atoms with Gasteiger partial charge in [-0.05, 0) is 25.5 Å². The minimum Gasteiger partial charge on any atom is -0.370 e. The smallest absolute Gasteiger partial charge is 0.131 e. The fraction of sp³-hybridized carbons (Fsp3) is 0.667. The zero-order chi connectivity index (χ0) is 11.8. The van der Waals surface area contributed by atoms with E-state index in [9.17, 15) is 0 Å². The van der Waals surface area contributed by atoms with E-state index in [2.05, 4.69) is 34.4 Å². The number of nitrogens with one attached hydrogen (secondary N) is 2. The molecule has 0 bridgehead atoms. The second kappa shape index (κ2) is 7.17. The summed E-state index contributed by atoms with van der Waals surface area (Å²) in [7, 11) is 1.94. The predicted molar refractivity (Wildman–Crippen MR) is 67.6 cm³/mol. The van der Waals surface area contributed by atoms with Crippen LogP contribution in [0.25, 0.3) is 0 Å². The zero-order valence-corrected chi connectivity index (χ0v) is 10.5. The summed E-state index contributed by atoms with van der Waals surface area (Å²) < 4.78 is 0. The Morgan fingerprint density at radius 2 is 2.12 bits per heavy atom. The molecule has 1 aromatic heterocycles. The minimum absolute atomic E-state index is 0.720. The third kappa shape index (κ3) is 5.07. The molecule has 1 rings (SSSR count). The lowest BCUT2D eigenvalue weighted by molar-refractivity contribution is 0.606. The van der Waals surface area contributed by atoms with Crippen LogP contribution in [0.1, 0.15) is 26.1 Å². The molecule has 1 heterocycles. The zero-order valence-electron chi connectivity index (χ0n) is 10.5. The standard InChI is InChI=1S/C12H22N4/c1-10(2)4-8-14-12-6-9-15-11(16-12)5-7-13-3/h6,9-10,13H,4-5,7-8H2,1-3H3,(H,14,15,16). The van der Waals surface area contributed by atoms with E-state index in [0.717, 1.165) is 43.5 Å². The Morgan fingerprint density at radius 3 is 2.81 bits per heavy atom. The van der Waals surface area contributed by atoms with Crippen LogP contribution >= 0.6 is 0 Å². The highest BCUT2D eigenvalue weighted by Gasteiger charge is 1.99. The van der Waals surface area contributed by atoms with Crippen LogP contribution in [0.5, 0.6) is 0 Å². The van der Waals surface area contributed by atoms with Crippen molar-refractivity contribution in [3.8, 4) is 0 Å². The normalized spacial score (nSPS) is 10.8. The molecule has 2 N–H and O–H groups in total. The van der Waals surface area contributed by atoms with Gasteiger partial charge in [0.1, 0.15) is 11.6 Å². The maximum Gasteiger partial charge on any atom is 0.131 e. The van der Waals surface area contributed by atoms with Crippen molar-refractivity contribution in [1.82, 2.24) is 15.3 Å². The third-order valence-electron chi connectivity index (χ3n) is 2.33. The summed E-state index contributed by atoms with van der Waals surface area (Å²) in [6.07, 6.45) is 3.85. The maximum absolute atomic E-state index is 4.44. The lowest BCUT2D eigenvalue weighted by Crippen LogP contribution is -2.13. The highest BCUT2D eigenvalue weighted by atomic mass is 15.0. The summed E-state index contributed by atoms with van der Waals surface area (Å²) in [5.74, 6) is 2.55. The molecule has 0 fully saturated rings. The van der Waals surface area contributed by atoms with Crippen LogP contribution in [0.15, 0.2) is 12.3 Å². The highest BCUT2D eigenvalue weighted by molar-refractivity contribution is 5.32. The Hall–Kier alpha value is -1.16. The summed E-state index contributed by atoms with van der Waals surface area (Å²) >= 11 is 0. The molecule has 4 heteroatoms. The van der Waals surface area contributed by atoms with Crippen molar-refractivity contribution >= 4 is 5.82 Å². The number of likely N-dealkylation sites (N-methyl/N-ethyl adjacent to an activating group) is 1. The van der Waals surface area contributed by atoms with Crippen LogP contribution in [-0.4, -0.2) is 30.1 Å². The average molecular weight is 222 g/mol. The molecule has 0 atom stereocenters. The highest BCUT2D eigenvalue weighted by Crippen LogP contribution is 2.04. The van der Waals surface area contributed by atoms with Gasteiger partial charge in [-0.15, -0.1) is 0 Å². The van der Waals surface area contributed by atoms with E-state index in [-0.39, 0.29) is 0 Å². The molecule has 0 saturated heterocycles. The van der Waals surface area contributed by atoms with Crippen molar-refractivity contribution in [2.45, 2.75) is 26.7 Å². The molecular weight excluding hydrogens is 200 g/mol. The quantitative estimate of drug-likeness (QED) is 0.737. The summed E-state index contributed by atoms with van der Waals surface area (Å²) in [6, 6.07) is 1.92. The topological polar surface area (TPSA) is 49.8 Å². The van der Waals surface area contributed by atoms with E-state index in [1.165, 1.54) is 0 Å². The van der Waals surface area contributed by atoms with Crippen LogP contribution in [-0.2, 0) is 6.42 Å². The van der Waals surface area contributed by atoms with Crippen LogP contribution in [0, 0.1) is 5.92 Å². The molecular formula is C12H22N4. The summed E-state index contributed by atoms with van der Waals surface area (Å²) in [5.41, 5.74) is 0. The Labute approximate surface area is 97.9 Å². The van der Waals surface area contributed by atoms with E-state index >= 15 is 0 Å². The number of nitrogens with zero attached hydrogens (tertiary/aromatic N) is 2. The van der Waals surface area contributed by atoms with Gasteiger partial charge in [0.2, 0.25) is 0 Å². The molecule has 0 aromatic carbocycles. The first kappa shape index (κ1) is 12.9. The van der Waals surface area contributed by atoms with Crippen molar-refractivity contribution in [3.63, 3.8) is 0 Å². The molecule has 0 spiro atoms. The molecule has 0 saturated carbocycles. The van der Waals surface area contributed by atoms with Gasteiger partial charge < -0.3 is 10.6 Å². The first-order valence-corrected chi connectivity index (χ1v) is 5.92. The summed E-state index contributed by atoms with van der Waals surface area (Å²) in [6.45, 7) is 6.33. The molecule has 0 aliphatic heterocycles. The average Bonchev–Trinajstić information content (AvgIpc) is 2.26. The van der Waals surface area contributed by atoms with Gasteiger partial charge in [-0.3, -0.25) is 0 Å². The molecule has 1 aromatic rings.